The highest BCUT2D eigenvalue weighted by molar-refractivity contribution is 5.88. The predicted octanol–water partition coefficient (Wildman–Crippen LogP) is 2.90. The zero-order valence-electron chi connectivity index (χ0n) is 13.9. The largest absolute Gasteiger partial charge is 0.439 e. The maximum absolute atomic E-state index is 13.4. The van der Waals surface area contributed by atoms with Crippen molar-refractivity contribution in [3.63, 3.8) is 0 Å². The first-order valence-corrected chi connectivity index (χ1v) is 7.97. The number of aromatic nitrogens is 1. The van der Waals surface area contributed by atoms with E-state index in [0.717, 1.165) is 5.39 Å². The second-order valence-electron chi connectivity index (χ2n) is 6.10. The average molecular weight is 347 g/mol. The number of nitriles is 1. The Kier molecular flexibility index (Phi) is 3.51. The van der Waals surface area contributed by atoms with E-state index in [2.05, 4.69) is 0 Å². The summed E-state index contributed by atoms with van der Waals surface area (Å²) < 4.78 is 20.6. The van der Waals surface area contributed by atoms with Crippen molar-refractivity contribution in [1.29, 1.82) is 5.26 Å². The minimum atomic E-state index is -0.715. The summed E-state index contributed by atoms with van der Waals surface area (Å²) in [4.78, 5) is 13.1. The lowest BCUT2D eigenvalue weighted by molar-refractivity contribution is 0.396. The molecule has 0 spiro atoms. The van der Waals surface area contributed by atoms with Gasteiger partial charge in [0.05, 0.1) is 17.0 Å². The Morgan fingerprint density at radius 1 is 1.19 bits per heavy atom. The molecule has 2 N–H and O–H groups in total. The minimum absolute atomic E-state index is 0.0484. The normalized spacial score (nSPS) is 16.1. The van der Waals surface area contributed by atoms with E-state index in [1.54, 1.807) is 19.2 Å². The predicted molar refractivity (Wildman–Crippen MR) is 94.9 cm³/mol. The molecule has 26 heavy (non-hydrogen) atoms. The van der Waals surface area contributed by atoms with Crippen LogP contribution in [0, 0.1) is 17.1 Å². The van der Waals surface area contributed by atoms with Crippen LogP contribution in [0.1, 0.15) is 17.0 Å². The maximum Gasteiger partial charge on any atom is 0.258 e. The first-order valence-electron chi connectivity index (χ1n) is 7.97. The van der Waals surface area contributed by atoms with E-state index >= 15 is 0 Å². The molecule has 1 aliphatic heterocycles. The number of para-hydroxylation sites is 1. The fraction of sp³-hybridized carbons (Fsp3) is 0.100. The van der Waals surface area contributed by atoms with E-state index in [1.165, 1.54) is 16.7 Å². The molecule has 0 unspecified atom stereocenters. The van der Waals surface area contributed by atoms with Gasteiger partial charge in [0, 0.05) is 12.4 Å². The molecule has 0 bridgehead atoms. The minimum Gasteiger partial charge on any atom is -0.439 e. The SMILES string of the molecule is Cn1c(=O)c2c(c3ccccc31)OC(N)=C(C#N)[C@H]2c1ccc(F)cc1. The first kappa shape index (κ1) is 15.9. The van der Waals surface area contributed by atoms with Crippen LogP contribution in [0.2, 0.25) is 0 Å². The molecule has 0 aliphatic carbocycles. The molecule has 0 radical (unpaired) electrons. The lowest BCUT2D eigenvalue weighted by atomic mass is 9.83. The third-order valence-electron chi connectivity index (χ3n) is 4.67. The van der Waals surface area contributed by atoms with Gasteiger partial charge in [-0.2, -0.15) is 5.26 Å². The monoisotopic (exact) mass is 347 g/mol. The molecule has 0 saturated carbocycles. The van der Waals surface area contributed by atoms with Gasteiger partial charge in [-0.3, -0.25) is 4.79 Å². The van der Waals surface area contributed by atoms with Gasteiger partial charge < -0.3 is 15.0 Å². The molecule has 1 atom stereocenters. The average Bonchev–Trinajstić information content (AvgIpc) is 2.66. The van der Waals surface area contributed by atoms with Gasteiger partial charge in [-0.25, -0.2) is 4.39 Å². The van der Waals surface area contributed by atoms with Crippen LogP contribution in [0.4, 0.5) is 4.39 Å². The molecule has 6 heteroatoms. The first-order chi connectivity index (χ1) is 12.5. The van der Waals surface area contributed by atoms with Crippen molar-refractivity contribution in [2.45, 2.75) is 5.92 Å². The van der Waals surface area contributed by atoms with Gasteiger partial charge in [-0.05, 0) is 29.8 Å². The number of hydrogen-bond donors (Lipinski definition) is 1. The van der Waals surface area contributed by atoms with E-state index in [-0.39, 0.29) is 17.0 Å². The quantitative estimate of drug-likeness (QED) is 0.734. The lowest BCUT2D eigenvalue weighted by Gasteiger charge is -2.27. The number of nitrogens with zero attached hydrogens (tertiary/aromatic N) is 2. The van der Waals surface area contributed by atoms with Crippen molar-refractivity contribution in [1.82, 2.24) is 4.57 Å². The van der Waals surface area contributed by atoms with E-state index in [9.17, 15) is 14.4 Å². The number of ether oxygens (including phenoxy) is 1. The van der Waals surface area contributed by atoms with Crippen LogP contribution in [0.15, 0.2) is 64.8 Å². The van der Waals surface area contributed by atoms with Gasteiger partial charge in [-0.15, -0.1) is 0 Å². The third kappa shape index (κ3) is 2.18. The molecule has 0 saturated heterocycles. The molecule has 0 fully saturated rings. The van der Waals surface area contributed by atoms with Gasteiger partial charge in [0.25, 0.3) is 5.56 Å². The Morgan fingerprint density at radius 2 is 1.88 bits per heavy atom. The highest BCUT2D eigenvalue weighted by atomic mass is 19.1. The number of pyridine rings is 1. The van der Waals surface area contributed by atoms with Crippen LogP contribution in [-0.2, 0) is 7.05 Å². The maximum atomic E-state index is 13.4. The van der Waals surface area contributed by atoms with E-state index in [1.807, 2.05) is 30.3 Å². The molecule has 5 nitrogen and oxygen atoms in total. The van der Waals surface area contributed by atoms with Crippen LogP contribution in [0.5, 0.6) is 5.75 Å². The van der Waals surface area contributed by atoms with E-state index in [4.69, 9.17) is 10.5 Å². The van der Waals surface area contributed by atoms with Crippen LogP contribution in [0.3, 0.4) is 0 Å². The highest BCUT2D eigenvalue weighted by Gasteiger charge is 2.35. The Morgan fingerprint density at radius 3 is 2.58 bits per heavy atom. The van der Waals surface area contributed by atoms with Crippen molar-refractivity contribution in [2.75, 3.05) is 0 Å². The molecule has 3 aromatic rings. The molecule has 4 rings (SSSR count). The summed E-state index contributed by atoms with van der Waals surface area (Å²) in [7, 11) is 1.67. The molecule has 128 valence electrons. The molecular weight excluding hydrogens is 333 g/mol. The molecule has 0 amide bonds. The number of hydrogen-bond acceptors (Lipinski definition) is 4. The van der Waals surface area contributed by atoms with Crippen LogP contribution < -0.4 is 16.0 Å². The number of aryl methyl sites for hydroxylation is 1. The van der Waals surface area contributed by atoms with Gasteiger partial charge >= 0.3 is 0 Å². The second-order valence-corrected chi connectivity index (χ2v) is 6.10. The van der Waals surface area contributed by atoms with Crippen molar-refractivity contribution in [2.24, 2.45) is 12.8 Å². The Balaban J connectivity index is 2.12. The van der Waals surface area contributed by atoms with Crippen LogP contribution in [-0.4, -0.2) is 4.57 Å². The van der Waals surface area contributed by atoms with E-state index < -0.39 is 11.7 Å². The van der Waals surface area contributed by atoms with Crippen molar-refractivity contribution >= 4 is 10.9 Å². The molecule has 1 aliphatic rings. The summed E-state index contributed by atoms with van der Waals surface area (Å²) >= 11 is 0. The third-order valence-corrected chi connectivity index (χ3v) is 4.67. The van der Waals surface area contributed by atoms with Gasteiger partial charge in [-0.1, -0.05) is 24.3 Å². The van der Waals surface area contributed by atoms with Crippen molar-refractivity contribution < 1.29 is 9.13 Å². The molecule has 2 heterocycles. The standard InChI is InChI=1S/C20H14FN3O2/c1-24-15-5-3-2-4-13(15)18-17(20(24)25)16(14(10-22)19(23)26-18)11-6-8-12(21)9-7-11/h2-9,16H,23H2,1H3/t16-/m1/s1. The number of nitrogens with two attached hydrogens (primary N) is 1. The second kappa shape index (κ2) is 5.74. The van der Waals surface area contributed by atoms with E-state index in [0.29, 0.717) is 22.4 Å². The topological polar surface area (TPSA) is 81.0 Å². The number of fused-ring (bicyclic) bond motifs is 3. The number of halogens is 1. The van der Waals surface area contributed by atoms with Crippen molar-refractivity contribution in [3.05, 3.63) is 87.3 Å². The Labute approximate surface area is 148 Å². The van der Waals surface area contributed by atoms with Gasteiger partial charge in [0.1, 0.15) is 23.2 Å². The fourth-order valence-corrected chi connectivity index (χ4v) is 3.41. The lowest BCUT2D eigenvalue weighted by Crippen LogP contribution is -2.31. The summed E-state index contributed by atoms with van der Waals surface area (Å²) in [5.41, 5.74) is 7.46. The smallest absolute Gasteiger partial charge is 0.258 e. The zero-order valence-corrected chi connectivity index (χ0v) is 13.9. The summed E-state index contributed by atoms with van der Waals surface area (Å²) in [5.74, 6) is -0.821. The van der Waals surface area contributed by atoms with Crippen LogP contribution >= 0.6 is 0 Å². The number of benzene rings is 2. The summed E-state index contributed by atoms with van der Waals surface area (Å²) in [6.45, 7) is 0. The number of rotatable bonds is 1. The summed E-state index contributed by atoms with van der Waals surface area (Å²) in [6.07, 6.45) is 0. The zero-order chi connectivity index (χ0) is 18.4. The molecule has 2 aromatic carbocycles. The summed E-state index contributed by atoms with van der Waals surface area (Å²) in [5, 5.41) is 10.3. The Hall–Kier alpha value is -3.59. The van der Waals surface area contributed by atoms with Gasteiger partial charge in [0.15, 0.2) is 0 Å². The summed E-state index contributed by atoms with van der Waals surface area (Å²) in [6, 6.07) is 15.0. The van der Waals surface area contributed by atoms with Crippen LogP contribution in [0.25, 0.3) is 10.9 Å². The van der Waals surface area contributed by atoms with Crippen molar-refractivity contribution in [3.8, 4) is 11.8 Å². The highest BCUT2D eigenvalue weighted by Crippen LogP contribution is 2.43. The molecular formula is C20H14FN3O2. The van der Waals surface area contributed by atoms with Gasteiger partial charge in [0.2, 0.25) is 5.88 Å². The number of allylic oxidation sites excluding steroid dienone is 1. The molecule has 1 aromatic heterocycles. The Bertz CT molecular complexity index is 1170. The fourth-order valence-electron chi connectivity index (χ4n) is 3.41.